The van der Waals surface area contributed by atoms with E-state index in [2.05, 4.69) is 10.0 Å². The largest absolute Gasteiger partial charge is 0.326 e. The fourth-order valence-electron chi connectivity index (χ4n) is 1.87. The maximum atomic E-state index is 11.6. The fourth-order valence-corrected chi connectivity index (χ4v) is 2.71. The second-order valence-electron chi connectivity index (χ2n) is 5.13. The Labute approximate surface area is 119 Å². The highest BCUT2D eigenvalue weighted by Crippen LogP contribution is 2.30. The summed E-state index contributed by atoms with van der Waals surface area (Å²) in [4.78, 5) is 11.6. The third kappa shape index (κ3) is 4.05. The SMILES string of the molecule is CCS(=O)(=O)NC(C)c1ccc(NC(=O)C2CC2)cc1. The number of hydrogen-bond acceptors (Lipinski definition) is 3. The molecule has 1 atom stereocenters. The average molecular weight is 296 g/mol. The lowest BCUT2D eigenvalue weighted by Crippen LogP contribution is -2.28. The highest BCUT2D eigenvalue weighted by Gasteiger charge is 2.29. The van der Waals surface area contributed by atoms with Gasteiger partial charge in [-0.2, -0.15) is 0 Å². The van der Waals surface area contributed by atoms with E-state index >= 15 is 0 Å². The van der Waals surface area contributed by atoms with E-state index in [4.69, 9.17) is 0 Å². The molecule has 110 valence electrons. The van der Waals surface area contributed by atoms with Crippen molar-refractivity contribution in [3.63, 3.8) is 0 Å². The number of carbonyl (C=O) groups is 1. The van der Waals surface area contributed by atoms with Crippen molar-refractivity contribution in [2.75, 3.05) is 11.1 Å². The minimum absolute atomic E-state index is 0.0624. The molecule has 1 aliphatic carbocycles. The van der Waals surface area contributed by atoms with Crippen LogP contribution in [0.25, 0.3) is 0 Å². The van der Waals surface area contributed by atoms with Gasteiger partial charge in [0.05, 0.1) is 5.75 Å². The van der Waals surface area contributed by atoms with E-state index in [1.165, 1.54) is 0 Å². The predicted octanol–water partition coefficient (Wildman–Crippen LogP) is 2.04. The molecule has 2 rings (SSSR count). The van der Waals surface area contributed by atoms with Gasteiger partial charge in [0, 0.05) is 17.6 Å². The van der Waals surface area contributed by atoms with Crippen LogP contribution in [0.2, 0.25) is 0 Å². The van der Waals surface area contributed by atoms with E-state index in [0.717, 1.165) is 24.1 Å². The quantitative estimate of drug-likeness (QED) is 0.843. The van der Waals surface area contributed by atoms with Crippen molar-refractivity contribution in [3.8, 4) is 0 Å². The topological polar surface area (TPSA) is 75.3 Å². The van der Waals surface area contributed by atoms with E-state index < -0.39 is 10.0 Å². The molecule has 6 heteroatoms. The minimum atomic E-state index is -3.22. The normalized spacial score (nSPS) is 16.7. The molecule has 1 unspecified atom stereocenters. The molecule has 5 nitrogen and oxygen atoms in total. The Bertz CT molecular complexity index is 577. The summed E-state index contributed by atoms with van der Waals surface area (Å²) in [6.45, 7) is 3.40. The summed E-state index contributed by atoms with van der Waals surface area (Å²) in [5, 5.41) is 2.85. The number of benzene rings is 1. The van der Waals surface area contributed by atoms with Gasteiger partial charge in [0.1, 0.15) is 0 Å². The molecule has 2 N–H and O–H groups in total. The molecule has 20 heavy (non-hydrogen) atoms. The minimum Gasteiger partial charge on any atom is -0.326 e. The zero-order valence-electron chi connectivity index (χ0n) is 11.7. The Kier molecular flexibility index (Phi) is 4.45. The zero-order valence-corrected chi connectivity index (χ0v) is 12.5. The Balaban J connectivity index is 1.98. The van der Waals surface area contributed by atoms with Gasteiger partial charge < -0.3 is 5.32 Å². The summed E-state index contributed by atoms with van der Waals surface area (Å²) in [6, 6.07) is 6.96. The second kappa shape index (κ2) is 5.93. The molecule has 0 saturated heterocycles. The van der Waals surface area contributed by atoms with E-state index in [1.54, 1.807) is 26.0 Å². The predicted molar refractivity (Wildman–Crippen MR) is 78.8 cm³/mol. The molecule has 0 radical (unpaired) electrons. The number of rotatable bonds is 6. The third-order valence-corrected chi connectivity index (χ3v) is 4.84. The number of sulfonamides is 1. The first-order valence-electron chi connectivity index (χ1n) is 6.82. The van der Waals surface area contributed by atoms with Gasteiger partial charge in [0.25, 0.3) is 0 Å². The van der Waals surface area contributed by atoms with Crippen molar-refractivity contribution in [2.45, 2.75) is 32.7 Å². The first-order valence-corrected chi connectivity index (χ1v) is 8.47. The standard InChI is InChI=1S/C14H20N2O3S/c1-3-20(18,19)16-10(2)11-6-8-13(9-7-11)15-14(17)12-4-5-12/h6-10,12,16H,3-5H2,1-2H3,(H,15,17). The van der Waals surface area contributed by atoms with Crippen molar-refractivity contribution >= 4 is 21.6 Å². The van der Waals surface area contributed by atoms with Gasteiger partial charge in [0.15, 0.2) is 0 Å². The number of nitrogens with one attached hydrogen (secondary N) is 2. The maximum absolute atomic E-state index is 11.6. The van der Waals surface area contributed by atoms with E-state index in [-0.39, 0.29) is 23.6 Å². The molecule has 0 aromatic heterocycles. The third-order valence-electron chi connectivity index (χ3n) is 3.36. The lowest BCUT2D eigenvalue weighted by Gasteiger charge is -2.14. The summed E-state index contributed by atoms with van der Waals surface area (Å²) in [5.74, 6) is 0.301. The first-order chi connectivity index (χ1) is 9.41. The van der Waals surface area contributed by atoms with Crippen LogP contribution in [0.1, 0.15) is 38.3 Å². The molecular weight excluding hydrogens is 276 g/mol. The summed E-state index contributed by atoms with van der Waals surface area (Å²) in [6.07, 6.45) is 1.94. The van der Waals surface area contributed by atoms with Crippen LogP contribution in [0.15, 0.2) is 24.3 Å². The van der Waals surface area contributed by atoms with Gasteiger partial charge >= 0.3 is 0 Å². The molecule has 0 spiro atoms. The zero-order chi connectivity index (χ0) is 14.8. The highest BCUT2D eigenvalue weighted by molar-refractivity contribution is 7.89. The maximum Gasteiger partial charge on any atom is 0.227 e. The number of hydrogen-bond donors (Lipinski definition) is 2. The fraction of sp³-hybridized carbons (Fsp3) is 0.500. The Morgan fingerprint density at radius 2 is 1.90 bits per heavy atom. The van der Waals surface area contributed by atoms with Crippen LogP contribution in [0.3, 0.4) is 0 Å². The molecule has 1 amide bonds. The lowest BCUT2D eigenvalue weighted by atomic mass is 10.1. The number of amides is 1. The molecule has 1 aliphatic rings. The van der Waals surface area contributed by atoms with Gasteiger partial charge in [-0.05, 0) is 44.4 Å². The molecule has 0 aliphatic heterocycles. The number of anilines is 1. The van der Waals surface area contributed by atoms with Crippen LogP contribution in [-0.2, 0) is 14.8 Å². The summed E-state index contributed by atoms with van der Waals surface area (Å²) in [7, 11) is -3.22. The van der Waals surface area contributed by atoms with Gasteiger partial charge in [-0.1, -0.05) is 12.1 Å². The molecule has 1 aromatic carbocycles. The van der Waals surface area contributed by atoms with Gasteiger partial charge in [-0.25, -0.2) is 13.1 Å². The van der Waals surface area contributed by atoms with Crippen molar-refractivity contribution in [1.82, 2.24) is 4.72 Å². The van der Waals surface area contributed by atoms with E-state index in [0.29, 0.717) is 0 Å². The Hall–Kier alpha value is -1.40. The van der Waals surface area contributed by atoms with Crippen LogP contribution >= 0.6 is 0 Å². The second-order valence-corrected chi connectivity index (χ2v) is 7.17. The van der Waals surface area contributed by atoms with Crippen LogP contribution in [0.5, 0.6) is 0 Å². The monoisotopic (exact) mass is 296 g/mol. The Morgan fingerprint density at radius 3 is 2.40 bits per heavy atom. The van der Waals surface area contributed by atoms with Crippen LogP contribution in [0.4, 0.5) is 5.69 Å². The van der Waals surface area contributed by atoms with Crippen molar-refractivity contribution in [2.24, 2.45) is 5.92 Å². The molecule has 0 bridgehead atoms. The summed E-state index contributed by atoms with van der Waals surface area (Å²) < 4.78 is 25.6. The van der Waals surface area contributed by atoms with Crippen LogP contribution in [0, 0.1) is 5.92 Å². The van der Waals surface area contributed by atoms with E-state index in [1.807, 2.05) is 12.1 Å². The molecule has 1 fully saturated rings. The van der Waals surface area contributed by atoms with Gasteiger partial charge in [0.2, 0.25) is 15.9 Å². The smallest absolute Gasteiger partial charge is 0.227 e. The van der Waals surface area contributed by atoms with Crippen molar-refractivity contribution in [3.05, 3.63) is 29.8 Å². The van der Waals surface area contributed by atoms with Crippen molar-refractivity contribution < 1.29 is 13.2 Å². The Morgan fingerprint density at radius 1 is 1.30 bits per heavy atom. The number of carbonyl (C=O) groups excluding carboxylic acids is 1. The van der Waals surface area contributed by atoms with Crippen LogP contribution in [-0.4, -0.2) is 20.1 Å². The summed E-state index contributed by atoms with van der Waals surface area (Å²) >= 11 is 0. The van der Waals surface area contributed by atoms with Crippen molar-refractivity contribution in [1.29, 1.82) is 0 Å². The average Bonchev–Trinajstić information content (AvgIpc) is 3.23. The van der Waals surface area contributed by atoms with E-state index in [9.17, 15) is 13.2 Å². The molecule has 0 heterocycles. The highest BCUT2D eigenvalue weighted by atomic mass is 32.2. The molecular formula is C14H20N2O3S. The summed E-state index contributed by atoms with van der Waals surface area (Å²) in [5.41, 5.74) is 1.61. The van der Waals surface area contributed by atoms with Gasteiger partial charge in [-0.15, -0.1) is 0 Å². The molecule has 1 saturated carbocycles. The van der Waals surface area contributed by atoms with Gasteiger partial charge in [-0.3, -0.25) is 4.79 Å². The molecule has 1 aromatic rings. The first kappa shape index (κ1) is 15.0. The van der Waals surface area contributed by atoms with Crippen LogP contribution < -0.4 is 10.0 Å². The lowest BCUT2D eigenvalue weighted by molar-refractivity contribution is -0.117.